The Morgan fingerprint density at radius 3 is 2.89 bits per heavy atom. The maximum Gasteiger partial charge on any atom is 0.273 e. The smallest absolute Gasteiger partial charge is 0.273 e. The molecule has 1 unspecified atom stereocenters. The predicted octanol–water partition coefficient (Wildman–Crippen LogP) is 3.63. The van der Waals surface area contributed by atoms with E-state index in [0.717, 1.165) is 48.7 Å². The van der Waals surface area contributed by atoms with Crippen LogP contribution in [0.4, 0.5) is 0 Å². The molecular formula is C20H24ClN5OS. The van der Waals surface area contributed by atoms with E-state index in [4.69, 9.17) is 0 Å². The maximum atomic E-state index is 13.0. The number of hydrogen-bond acceptors (Lipinski definition) is 5. The molecule has 1 aromatic carbocycles. The van der Waals surface area contributed by atoms with Gasteiger partial charge in [-0.25, -0.2) is 9.67 Å². The van der Waals surface area contributed by atoms with Gasteiger partial charge >= 0.3 is 0 Å². The van der Waals surface area contributed by atoms with Gasteiger partial charge in [-0.1, -0.05) is 25.1 Å². The van der Waals surface area contributed by atoms with Crippen LogP contribution in [-0.2, 0) is 0 Å². The van der Waals surface area contributed by atoms with Crippen molar-refractivity contribution in [2.24, 2.45) is 0 Å². The largest absolute Gasteiger partial charge is 0.333 e. The number of benzene rings is 1. The van der Waals surface area contributed by atoms with E-state index in [0.29, 0.717) is 5.69 Å². The molecule has 4 rings (SSSR count). The molecule has 0 spiro atoms. The van der Waals surface area contributed by atoms with Gasteiger partial charge in [-0.15, -0.1) is 23.7 Å². The first-order chi connectivity index (χ1) is 13.3. The van der Waals surface area contributed by atoms with Crippen molar-refractivity contribution < 1.29 is 4.79 Å². The molecule has 1 aliphatic rings. The number of carbonyl (C=O) groups is 1. The van der Waals surface area contributed by atoms with Crippen molar-refractivity contribution in [2.75, 3.05) is 19.6 Å². The summed E-state index contributed by atoms with van der Waals surface area (Å²) in [7, 11) is 0. The van der Waals surface area contributed by atoms with Crippen LogP contribution < -0.4 is 5.32 Å². The van der Waals surface area contributed by atoms with Crippen molar-refractivity contribution in [3.8, 4) is 16.3 Å². The van der Waals surface area contributed by atoms with E-state index in [2.05, 4.69) is 22.3 Å². The Hall–Kier alpha value is -2.22. The molecule has 1 amide bonds. The Balaban J connectivity index is 0.00000225. The lowest BCUT2D eigenvalue weighted by atomic mass is 10.2. The number of thiazole rings is 1. The van der Waals surface area contributed by atoms with Gasteiger partial charge in [0.15, 0.2) is 0 Å². The van der Waals surface area contributed by atoms with Gasteiger partial charge in [0.25, 0.3) is 5.91 Å². The number of nitrogens with zero attached hydrogens (tertiary/aromatic N) is 4. The molecule has 0 radical (unpaired) electrons. The maximum absolute atomic E-state index is 13.0. The van der Waals surface area contributed by atoms with E-state index >= 15 is 0 Å². The van der Waals surface area contributed by atoms with Crippen molar-refractivity contribution in [1.82, 2.24) is 25.0 Å². The van der Waals surface area contributed by atoms with Crippen molar-refractivity contribution in [1.29, 1.82) is 0 Å². The SMILES string of the molecule is CCCN(C(=O)c1csc(-c2cnn(-c3ccccc3)c2)n1)C1CCNC1.Cl. The summed E-state index contributed by atoms with van der Waals surface area (Å²) in [4.78, 5) is 19.6. The van der Waals surface area contributed by atoms with E-state index in [1.165, 1.54) is 11.3 Å². The Morgan fingerprint density at radius 1 is 1.36 bits per heavy atom. The van der Waals surface area contributed by atoms with Crippen LogP contribution in [-0.4, -0.2) is 51.2 Å². The summed E-state index contributed by atoms with van der Waals surface area (Å²) in [5, 5.41) is 10.5. The van der Waals surface area contributed by atoms with Crippen molar-refractivity contribution >= 4 is 29.7 Å². The van der Waals surface area contributed by atoms with Crippen molar-refractivity contribution in [3.63, 3.8) is 0 Å². The minimum Gasteiger partial charge on any atom is -0.333 e. The number of hydrogen-bond donors (Lipinski definition) is 1. The molecule has 0 aliphatic carbocycles. The molecule has 1 aliphatic heterocycles. The number of nitrogens with one attached hydrogen (secondary N) is 1. The van der Waals surface area contributed by atoms with Gasteiger partial charge in [-0.2, -0.15) is 5.10 Å². The third-order valence-corrected chi connectivity index (χ3v) is 5.67. The zero-order valence-corrected chi connectivity index (χ0v) is 17.4. The molecule has 2 aromatic heterocycles. The number of aromatic nitrogens is 3. The Bertz CT molecular complexity index is 904. The molecule has 6 nitrogen and oxygen atoms in total. The quantitative estimate of drug-likeness (QED) is 0.665. The van der Waals surface area contributed by atoms with Crippen LogP contribution >= 0.6 is 23.7 Å². The highest BCUT2D eigenvalue weighted by atomic mass is 35.5. The summed E-state index contributed by atoms with van der Waals surface area (Å²) in [6.07, 6.45) is 5.70. The normalized spacial score (nSPS) is 16.0. The van der Waals surface area contributed by atoms with E-state index in [1.54, 1.807) is 6.20 Å². The summed E-state index contributed by atoms with van der Waals surface area (Å²) in [6, 6.07) is 10.2. The fourth-order valence-electron chi connectivity index (χ4n) is 3.40. The van der Waals surface area contributed by atoms with Crippen LogP contribution in [0.5, 0.6) is 0 Å². The van der Waals surface area contributed by atoms with Crippen LogP contribution in [0.25, 0.3) is 16.3 Å². The molecule has 1 atom stereocenters. The molecule has 148 valence electrons. The third kappa shape index (κ3) is 4.27. The third-order valence-electron chi connectivity index (χ3n) is 4.77. The number of amides is 1. The van der Waals surface area contributed by atoms with Gasteiger partial charge in [0.2, 0.25) is 0 Å². The molecule has 28 heavy (non-hydrogen) atoms. The highest BCUT2D eigenvalue weighted by Crippen LogP contribution is 2.25. The van der Waals surface area contributed by atoms with E-state index in [-0.39, 0.29) is 24.4 Å². The van der Waals surface area contributed by atoms with Crippen molar-refractivity contribution in [2.45, 2.75) is 25.8 Å². The first kappa shape index (κ1) is 20.5. The molecule has 8 heteroatoms. The van der Waals surface area contributed by atoms with Gasteiger partial charge in [-0.05, 0) is 31.5 Å². The van der Waals surface area contributed by atoms with Crippen LogP contribution in [0.15, 0.2) is 48.1 Å². The Kier molecular flexibility index (Phi) is 6.83. The van der Waals surface area contributed by atoms with Gasteiger partial charge in [0, 0.05) is 36.3 Å². The first-order valence-electron chi connectivity index (χ1n) is 9.34. The van der Waals surface area contributed by atoms with Gasteiger partial charge < -0.3 is 10.2 Å². The minimum absolute atomic E-state index is 0. The average molecular weight is 418 g/mol. The Morgan fingerprint density at radius 2 is 2.18 bits per heavy atom. The molecule has 1 saturated heterocycles. The lowest BCUT2D eigenvalue weighted by Gasteiger charge is -2.27. The minimum atomic E-state index is 0. The molecule has 1 fully saturated rings. The second-order valence-electron chi connectivity index (χ2n) is 6.69. The number of rotatable bonds is 6. The summed E-state index contributed by atoms with van der Waals surface area (Å²) >= 11 is 1.49. The number of para-hydroxylation sites is 1. The first-order valence-corrected chi connectivity index (χ1v) is 10.2. The number of halogens is 1. The summed E-state index contributed by atoms with van der Waals surface area (Å²) < 4.78 is 1.83. The van der Waals surface area contributed by atoms with Crippen LogP contribution in [0.1, 0.15) is 30.3 Å². The molecule has 1 N–H and O–H groups in total. The number of carbonyl (C=O) groups excluding carboxylic acids is 1. The van der Waals surface area contributed by atoms with Crippen LogP contribution in [0.2, 0.25) is 0 Å². The summed E-state index contributed by atoms with van der Waals surface area (Å²) in [5.74, 6) is 0.0310. The average Bonchev–Trinajstić information content (AvgIpc) is 3.47. The van der Waals surface area contributed by atoms with Crippen LogP contribution in [0, 0.1) is 0 Å². The monoisotopic (exact) mass is 417 g/mol. The summed E-state index contributed by atoms with van der Waals surface area (Å²) in [5.41, 5.74) is 2.45. The van der Waals surface area contributed by atoms with E-state index < -0.39 is 0 Å². The van der Waals surface area contributed by atoms with E-state index in [1.807, 2.05) is 51.5 Å². The summed E-state index contributed by atoms with van der Waals surface area (Å²) in [6.45, 7) is 4.71. The van der Waals surface area contributed by atoms with Crippen molar-refractivity contribution in [3.05, 3.63) is 53.8 Å². The highest BCUT2D eigenvalue weighted by Gasteiger charge is 2.28. The fraction of sp³-hybridized carbons (Fsp3) is 0.350. The molecular weight excluding hydrogens is 394 g/mol. The lowest BCUT2D eigenvalue weighted by Crippen LogP contribution is -2.42. The van der Waals surface area contributed by atoms with Gasteiger partial charge in [0.1, 0.15) is 10.7 Å². The molecule has 3 aromatic rings. The second kappa shape index (κ2) is 9.32. The van der Waals surface area contributed by atoms with E-state index in [9.17, 15) is 4.79 Å². The standard InChI is InChI=1S/C20H23N5OS.ClH/c1-2-10-24(17-8-9-21-12-17)20(26)18-14-27-19(23-18)15-11-22-25(13-15)16-6-4-3-5-7-16;/h3-7,11,13-14,17,21H,2,8-10,12H2,1H3;1H. The zero-order valence-electron chi connectivity index (χ0n) is 15.7. The fourth-order valence-corrected chi connectivity index (χ4v) is 4.17. The zero-order chi connectivity index (χ0) is 18.6. The lowest BCUT2D eigenvalue weighted by molar-refractivity contribution is 0.0687. The predicted molar refractivity (Wildman–Crippen MR) is 115 cm³/mol. The highest BCUT2D eigenvalue weighted by molar-refractivity contribution is 7.13. The van der Waals surface area contributed by atoms with Gasteiger partial charge in [-0.3, -0.25) is 4.79 Å². The van der Waals surface area contributed by atoms with Gasteiger partial charge in [0.05, 0.1) is 11.9 Å². The topological polar surface area (TPSA) is 63.1 Å². The molecule has 0 bridgehead atoms. The molecule has 0 saturated carbocycles. The Labute approximate surface area is 175 Å². The van der Waals surface area contributed by atoms with Crippen LogP contribution in [0.3, 0.4) is 0 Å². The molecule has 3 heterocycles. The second-order valence-corrected chi connectivity index (χ2v) is 7.55.